The Morgan fingerprint density at radius 3 is 1.93 bits per heavy atom. The Bertz CT molecular complexity index is 211. The van der Waals surface area contributed by atoms with Gasteiger partial charge in [-0.1, -0.05) is 34.1 Å². The predicted molar refractivity (Wildman–Crippen MR) is 62.8 cm³/mol. The quantitative estimate of drug-likeness (QED) is 0.605. The summed E-state index contributed by atoms with van der Waals surface area (Å²) >= 11 is 0. The lowest BCUT2D eigenvalue weighted by Gasteiger charge is -2.15. The van der Waals surface area contributed by atoms with Crippen LogP contribution < -0.4 is 0 Å². The summed E-state index contributed by atoms with van der Waals surface area (Å²) in [4.78, 5) is 22.6. The van der Waals surface area contributed by atoms with Crippen molar-refractivity contribution < 1.29 is 9.59 Å². The van der Waals surface area contributed by atoms with Crippen LogP contribution in [0.15, 0.2) is 0 Å². The third kappa shape index (κ3) is 7.29. The third-order valence-electron chi connectivity index (χ3n) is 2.59. The molecule has 0 heterocycles. The van der Waals surface area contributed by atoms with E-state index in [0.717, 1.165) is 19.3 Å². The molecule has 0 spiro atoms. The van der Waals surface area contributed by atoms with E-state index in [9.17, 15) is 9.59 Å². The second-order valence-electron chi connectivity index (χ2n) is 5.13. The minimum atomic E-state index is -0.209. The van der Waals surface area contributed by atoms with Crippen LogP contribution in [0.4, 0.5) is 0 Å². The number of rotatable bonds is 7. The molecule has 2 nitrogen and oxygen atoms in total. The van der Waals surface area contributed by atoms with E-state index in [4.69, 9.17) is 0 Å². The Balaban J connectivity index is 3.48. The highest BCUT2D eigenvalue weighted by Gasteiger charge is 2.19. The molecule has 2 heteroatoms. The van der Waals surface area contributed by atoms with Gasteiger partial charge >= 0.3 is 0 Å². The highest BCUT2D eigenvalue weighted by Crippen LogP contribution is 2.18. The fourth-order valence-electron chi connectivity index (χ4n) is 1.34. The number of carbonyl (C=O) groups is 2. The first-order chi connectivity index (χ1) is 6.88. The molecule has 0 N–H and O–H groups in total. The van der Waals surface area contributed by atoms with Crippen LogP contribution in [0, 0.1) is 5.41 Å². The van der Waals surface area contributed by atoms with Gasteiger partial charge in [0, 0.05) is 24.7 Å². The van der Waals surface area contributed by atoms with Crippen LogP contribution in [-0.2, 0) is 9.59 Å². The molecule has 0 unspecified atom stereocenters. The van der Waals surface area contributed by atoms with E-state index in [-0.39, 0.29) is 5.41 Å². The number of unbranched alkanes of at least 4 members (excludes halogenated alkanes) is 2. The number of hydrogen-bond donors (Lipinski definition) is 0. The molecule has 0 radical (unpaired) electrons. The lowest BCUT2D eigenvalue weighted by Crippen LogP contribution is -2.19. The normalized spacial score (nSPS) is 11.5. The molecule has 0 saturated carbocycles. The highest BCUT2D eigenvalue weighted by molar-refractivity contribution is 5.83. The Hall–Kier alpha value is -0.660. The lowest BCUT2D eigenvalue weighted by atomic mass is 9.88. The van der Waals surface area contributed by atoms with Crippen molar-refractivity contribution in [2.24, 2.45) is 5.41 Å². The SMILES string of the molecule is CCC(=O)CCCCCC(=O)C(C)(C)C. The monoisotopic (exact) mass is 212 g/mol. The largest absolute Gasteiger partial charge is 0.300 e. The van der Waals surface area contributed by atoms with Gasteiger partial charge in [0.25, 0.3) is 0 Å². The van der Waals surface area contributed by atoms with Crippen LogP contribution >= 0.6 is 0 Å². The fraction of sp³-hybridized carbons (Fsp3) is 0.846. The first-order valence-corrected chi connectivity index (χ1v) is 5.93. The maximum atomic E-state index is 11.6. The fourth-order valence-corrected chi connectivity index (χ4v) is 1.34. The summed E-state index contributed by atoms with van der Waals surface area (Å²) in [5, 5.41) is 0. The van der Waals surface area contributed by atoms with Gasteiger partial charge in [0.1, 0.15) is 11.6 Å². The second-order valence-corrected chi connectivity index (χ2v) is 5.13. The van der Waals surface area contributed by atoms with Crippen LogP contribution in [0.3, 0.4) is 0 Å². The van der Waals surface area contributed by atoms with Crippen LogP contribution in [0.1, 0.15) is 66.2 Å². The predicted octanol–water partition coefficient (Wildman–Crippen LogP) is 3.53. The van der Waals surface area contributed by atoms with Gasteiger partial charge in [0.2, 0.25) is 0 Å². The van der Waals surface area contributed by atoms with E-state index in [2.05, 4.69) is 0 Å². The smallest absolute Gasteiger partial charge is 0.138 e. The van der Waals surface area contributed by atoms with Crippen molar-refractivity contribution in [2.45, 2.75) is 66.2 Å². The average Bonchev–Trinajstić information content (AvgIpc) is 2.15. The second kappa shape index (κ2) is 6.76. The van der Waals surface area contributed by atoms with Crippen molar-refractivity contribution in [2.75, 3.05) is 0 Å². The maximum Gasteiger partial charge on any atom is 0.138 e. The Labute approximate surface area is 93.4 Å². The lowest BCUT2D eigenvalue weighted by molar-refractivity contribution is -0.126. The van der Waals surface area contributed by atoms with Crippen molar-refractivity contribution >= 4 is 11.6 Å². The van der Waals surface area contributed by atoms with Gasteiger partial charge in [0.15, 0.2) is 0 Å². The molecule has 0 aromatic rings. The standard InChI is InChI=1S/C13H24O2/c1-5-11(14)9-7-6-8-10-12(15)13(2,3)4/h5-10H2,1-4H3. The van der Waals surface area contributed by atoms with Crippen molar-refractivity contribution in [3.8, 4) is 0 Å². The summed E-state index contributed by atoms with van der Waals surface area (Å²) in [5.41, 5.74) is -0.209. The summed E-state index contributed by atoms with van der Waals surface area (Å²) in [6, 6.07) is 0. The van der Waals surface area contributed by atoms with Gasteiger partial charge in [-0.2, -0.15) is 0 Å². The van der Waals surface area contributed by atoms with Gasteiger partial charge in [-0.05, 0) is 12.8 Å². The molecule has 0 aliphatic carbocycles. The van der Waals surface area contributed by atoms with Crippen molar-refractivity contribution in [1.29, 1.82) is 0 Å². The summed E-state index contributed by atoms with van der Waals surface area (Å²) < 4.78 is 0. The molecule has 0 fully saturated rings. The van der Waals surface area contributed by atoms with E-state index in [0.29, 0.717) is 30.8 Å². The minimum absolute atomic E-state index is 0.209. The molecule has 0 atom stereocenters. The van der Waals surface area contributed by atoms with Gasteiger partial charge in [0.05, 0.1) is 0 Å². The molecule has 88 valence electrons. The third-order valence-corrected chi connectivity index (χ3v) is 2.59. The van der Waals surface area contributed by atoms with E-state index in [1.165, 1.54) is 0 Å². The maximum absolute atomic E-state index is 11.6. The molecule has 0 aliphatic heterocycles. The zero-order valence-electron chi connectivity index (χ0n) is 10.6. The summed E-state index contributed by atoms with van der Waals surface area (Å²) in [7, 11) is 0. The number of Topliss-reactive ketones (excluding diaryl/α,β-unsaturated/α-hetero) is 2. The van der Waals surface area contributed by atoms with E-state index in [1.807, 2.05) is 27.7 Å². The van der Waals surface area contributed by atoms with Crippen molar-refractivity contribution in [3.63, 3.8) is 0 Å². The van der Waals surface area contributed by atoms with Crippen LogP contribution in [0.2, 0.25) is 0 Å². The van der Waals surface area contributed by atoms with Crippen LogP contribution in [0.25, 0.3) is 0 Å². The molecule has 0 saturated heterocycles. The van der Waals surface area contributed by atoms with Crippen LogP contribution in [-0.4, -0.2) is 11.6 Å². The minimum Gasteiger partial charge on any atom is -0.300 e. The molecule has 0 aromatic carbocycles. The summed E-state index contributed by atoms with van der Waals surface area (Å²) in [5.74, 6) is 0.654. The highest BCUT2D eigenvalue weighted by atomic mass is 16.1. The Morgan fingerprint density at radius 2 is 1.47 bits per heavy atom. The topological polar surface area (TPSA) is 34.1 Å². The molecular formula is C13H24O2. The molecule has 0 aliphatic rings. The molecular weight excluding hydrogens is 188 g/mol. The summed E-state index contributed by atoms with van der Waals surface area (Å²) in [6.45, 7) is 7.76. The van der Waals surface area contributed by atoms with Gasteiger partial charge in [-0.15, -0.1) is 0 Å². The number of hydrogen-bond acceptors (Lipinski definition) is 2. The molecule has 15 heavy (non-hydrogen) atoms. The Morgan fingerprint density at radius 1 is 0.933 bits per heavy atom. The van der Waals surface area contributed by atoms with E-state index >= 15 is 0 Å². The number of ketones is 2. The Kier molecular flexibility index (Phi) is 6.46. The average molecular weight is 212 g/mol. The molecule has 0 bridgehead atoms. The van der Waals surface area contributed by atoms with Gasteiger partial charge < -0.3 is 0 Å². The van der Waals surface area contributed by atoms with E-state index in [1.54, 1.807) is 0 Å². The molecule has 0 amide bonds. The summed E-state index contributed by atoms with van der Waals surface area (Å²) in [6.07, 6.45) is 4.83. The molecule has 0 rings (SSSR count). The van der Waals surface area contributed by atoms with Gasteiger partial charge in [-0.25, -0.2) is 0 Å². The molecule has 0 aromatic heterocycles. The zero-order valence-corrected chi connectivity index (χ0v) is 10.6. The first kappa shape index (κ1) is 14.3. The van der Waals surface area contributed by atoms with Crippen molar-refractivity contribution in [3.05, 3.63) is 0 Å². The zero-order chi connectivity index (χ0) is 11.9. The first-order valence-electron chi connectivity index (χ1n) is 5.93. The van der Waals surface area contributed by atoms with Gasteiger partial charge in [-0.3, -0.25) is 9.59 Å². The van der Waals surface area contributed by atoms with Crippen molar-refractivity contribution in [1.82, 2.24) is 0 Å². The number of carbonyl (C=O) groups excluding carboxylic acids is 2. The van der Waals surface area contributed by atoms with Crippen LogP contribution in [0.5, 0.6) is 0 Å². The van der Waals surface area contributed by atoms with E-state index < -0.39 is 0 Å².